The lowest BCUT2D eigenvalue weighted by atomic mass is 10.1. The van der Waals surface area contributed by atoms with Crippen LogP contribution < -0.4 is 5.32 Å². The molecule has 0 bridgehead atoms. The van der Waals surface area contributed by atoms with E-state index in [1.54, 1.807) is 0 Å². The van der Waals surface area contributed by atoms with E-state index in [2.05, 4.69) is 29.4 Å². The largest absolute Gasteiger partial charge is 0.308 e. The maximum absolute atomic E-state index is 13.4. The molecule has 0 aliphatic carbocycles. The maximum Gasteiger partial charge on any atom is 0.147 e. The smallest absolute Gasteiger partial charge is 0.147 e. The summed E-state index contributed by atoms with van der Waals surface area (Å²) in [6.45, 7) is 7.02. The molecule has 0 saturated heterocycles. The molecule has 2 rings (SSSR count). The highest BCUT2D eigenvalue weighted by molar-refractivity contribution is 7.14. The van der Waals surface area contributed by atoms with Gasteiger partial charge in [0.25, 0.3) is 0 Å². The van der Waals surface area contributed by atoms with E-state index in [1.165, 1.54) is 23.5 Å². The minimum atomic E-state index is -0.232. The third-order valence-corrected chi connectivity index (χ3v) is 3.96. The zero-order valence-corrected chi connectivity index (χ0v) is 12.2. The molecule has 2 aromatic rings. The number of aryl methyl sites for hydroxylation is 1. The molecule has 0 saturated carbocycles. The molecular formula is C14H18FN3S. The highest BCUT2D eigenvalue weighted by atomic mass is 32.1. The maximum atomic E-state index is 13.4. The second kappa shape index (κ2) is 6.21. The van der Waals surface area contributed by atoms with Crippen molar-refractivity contribution in [3.8, 4) is 10.6 Å². The molecule has 0 aliphatic heterocycles. The van der Waals surface area contributed by atoms with Gasteiger partial charge in [-0.2, -0.15) is 0 Å². The first kappa shape index (κ1) is 14.1. The van der Waals surface area contributed by atoms with E-state index < -0.39 is 0 Å². The molecular weight excluding hydrogens is 261 g/mol. The minimum absolute atomic E-state index is 0.181. The standard InChI is InChI=1S/C14H18FN3S/c1-4-5-16-10(3)13-17-18-14(19-13)11-6-9(2)7-12(15)8-11/h6-8,10,16H,4-5H2,1-3H3. The molecule has 5 heteroatoms. The van der Waals surface area contributed by atoms with Gasteiger partial charge < -0.3 is 5.32 Å². The summed E-state index contributed by atoms with van der Waals surface area (Å²) in [5.74, 6) is -0.232. The first-order valence-corrected chi connectivity index (χ1v) is 7.26. The Kier molecular flexibility index (Phi) is 4.61. The highest BCUT2D eigenvalue weighted by Gasteiger charge is 2.13. The van der Waals surface area contributed by atoms with Crippen LogP contribution in [0.25, 0.3) is 10.6 Å². The highest BCUT2D eigenvalue weighted by Crippen LogP contribution is 2.27. The Morgan fingerprint density at radius 2 is 2.11 bits per heavy atom. The Hall–Kier alpha value is -1.33. The molecule has 1 atom stereocenters. The summed E-state index contributed by atoms with van der Waals surface area (Å²) in [7, 11) is 0. The first-order chi connectivity index (χ1) is 9.10. The number of rotatable bonds is 5. The lowest BCUT2D eigenvalue weighted by molar-refractivity contribution is 0.564. The van der Waals surface area contributed by atoms with Gasteiger partial charge in [0, 0.05) is 5.56 Å². The van der Waals surface area contributed by atoms with Crippen molar-refractivity contribution in [1.29, 1.82) is 0 Å². The summed E-state index contributed by atoms with van der Waals surface area (Å²) in [5, 5.41) is 13.4. The van der Waals surface area contributed by atoms with Crippen LogP contribution in [0.2, 0.25) is 0 Å². The van der Waals surface area contributed by atoms with Crippen LogP contribution in [0, 0.1) is 12.7 Å². The summed E-state index contributed by atoms with van der Waals surface area (Å²) in [6.07, 6.45) is 1.08. The molecule has 1 heterocycles. The van der Waals surface area contributed by atoms with Crippen molar-refractivity contribution in [3.05, 3.63) is 34.6 Å². The quantitative estimate of drug-likeness (QED) is 0.906. The van der Waals surface area contributed by atoms with Crippen molar-refractivity contribution >= 4 is 11.3 Å². The molecule has 1 aromatic heterocycles. The molecule has 19 heavy (non-hydrogen) atoms. The van der Waals surface area contributed by atoms with Crippen LogP contribution in [0.1, 0.15) is 36.9 Å². The van der Waals surface area contributed by atoms with Crippen molar-refractivity contribution in [3.63, 3.8) is 0 Å². The average molecular weight is 279 g/mol. The number of nitrogens with zero attached hydrogens (tertiary/aromatic N) is 2. The monoisotopic (exact) mass is 279 g/mol. The molecule has 1 unspecified atom stereocenters. The van der Waals surface area contributed by atoms with E-state index in [0.717, 1.165) is 34.1 Å². The van der Waals surface area contributed by atoms with Crippen molar-refractivity contribution in [2.24, 2.45) is 0 Å². The predicted molar refractivity (Wildman–Crippen MR) is 76.7 cm³/mol. The van der Waals surface area contributed by atoms with Crippen LogP contribution in [-0.4, -0.2) is 16.7 Å². The fourth-order valence-corrected chi connectivity index (χ4v) is 2.69. The average Bonchev–Trinajstić information content (AvgIpc) is 2.84. The zero-order chi connectivity index (χ0) is 13.8. The Morgan fingerprint density at radius 3 is 2.79 bits per heavy atom. The van der Waals surface area contributed by atoms with Gasteiger partial charge in [0.2, 0.25) is 0 Å². The molecule has 1 aromatic carbocycles. The van der Waals surface area contributed by atoms with Gasteiger partial charge in [-0.3, -0.25) is 0 Å². The summed E-state index contributed by atoms with van der Waals surface area (Å²) in [4.78, 5) is 0. The second-order valence-corrected chi connectivity index (χ2v) is 5.65. The second-order valence-electron chi connectivity index (χ2n) is 4.64. The lowest BCUT2D eigenvalue weighted by Crippen LogP contribution is -2.18. The first-order valence-electron chi connectivity index (χ1n) is 6.44. The van der Waals surface area contributed by atoms with Crippen molar-refractivity contribution in [1.82, 2.24) is 15.5 Å². The zero-order valence-electron chi connectivity index (χ0n) is 11.4. The number of hydrogen-bond acceptors (Lipinski definition) is 4. The van der Waals surface area contributed by atoms with Gasteiger partial charge in [0.05, 0.1) is 6.04 Å². The van der Waals surface area contributed by atoms with Crippen LogP contribution in [0.4, 0.5) is 4.39 Å². The number of nitrogens with one attached hydrogen (secondary N) is 1. The van der Waals surface area contributed by atoms with E-state index in [-0.39, 0.29) is 11.9 Å². The molecule has 0 amide bonds. The number of aromatic nitrogens is 2. The molecule has 0 spiro atoms. The number of halogens is 1. The van der Waals surface area contributed by atoms with Gasteiger partial charge >= 0.3 is 0 Å². The van der Waals surface area contributed by atoms with Crippen LogP contribution in [0.3, 0.4) is 0 Å². The molecule has 0 fully saturated rings. The van der Waals surface area contributed by atoms with Crippen LogP contribution in [0.15, 0.2) is 18.2 Å². The van der Waals surface area contributed by atoms with Crippen LogP contribution in [-0.2, 0) is 0 Å². The normalized spacial score (nSPS) is 12.6. The van der Waals surface area contributed by atoms with Gasteiger partial charge in [0.1, 0.15) is 15.8 Å². The van der Waals surface area contributed by atoms with Crippen molar-refractivity contribution < 1.29 is 4.39 Å². The molecule has 0 aliphatic rings. The summed E-state index contributed by atoms with van der Waals surface area (Å²) < 4.78 is 13.4. The van der Waals surface area contributed by atoms with Crippen molar-refractivity contribution in [2.75, 3.05) is 6.54 Å². The Bertz CT molecular complexity index is 533. The number of benzene rings is 1. The summed E-state index contributed by atoms with van der Waals surface area (Å²) >= 11 is 1.51. The van der Waals surface area contributed by atoms with Gasteiger partial charge in [-0.05, 0) is 50.6 Å². The van der Waals surface area contributed by atoms with Gasteiger partial charge in [0.15, 0.2) is 0 Å². The topological polar surface area (TPSA) is 37.8 Å². The van der Waals surface area contributed by atoms with E-state index >= 15 is 0 Å². The van der Waals surface area contributed by atoms with Crippen LogP contribution >= 0.6 is 11.3 Å². The molecule has 3 nitrogen and oxygen atoms in total. The van der Waals surface area contributed by atoms with E-state index in [0.29, 0.717) is 0 Å². The van der Waals surface area contributed by atoms with E-state index in [9.17, 15) is 4.39 Å². The Balaban J connectivity index is 2.20. The Morgan fingerprint density at radius 1 is 1.32 bits per heavy atom. The predicted octanol–water partition coefficient (Wildman–Crippen LogP) is 3.71. The summed E-state index contributed by atoms with van der Waals surface area (Å²) in [6, 6.07) is 5.12. The lowest BCUT2D eigenvalue weighted by Gasteiger charge is -2.08. The van der Waals surface area contributed by atoms with Crippen molar-refractivity contribution in [2.45, 2.75) is 33.2 Å². The van der Waals surface area contributed by atoms with Gasteiger partial charge in [-0.1, -0.05) is 18.3 Å². The van der Waals surface area contributed by atoms with Crippen LogP contribution in [0.5, 0.6) is 0 Å². The van der Waals surface area contributed by atoms with E-state index in [4.69, 9.17) is 0 Å². The fourth-order valence-electron chi connectivity index (χ4n) is 1.83. The van der Waals surface area contributed by atoms with E-state index in [1.807, 2.05) is 13.0 Å². The van der Waals surface area contributed by atoms with Gasteiger partial charge in [-0.15, -0.1) is 10.2 Å². The third kappa shape index (κ3) is 3.58. The number of hydrogen-bond donors (Lipinski definition) is 1. The molecule has 0 radical (unpaired) electrons. The SMILES string of the molecule is CCCNC(C)c1nnc(-c2cc(C)cc(F)c2)s1. The molecule has 102 valence electrons. The Labute approximate surface area is 116 Å². The third-order valence-electron chi connectivity index (χ3n) is 2.80. The molecule has 1 N–H and O–H groups in total. The summed E-state index contributed by atoms with van der Waals surface area (Å²) in [5.41, 5.74) is 1.69. The minimum Gasteiger partial charge on any atom is -0.308 e. The van der Waals surface area contributed by atoms with Gasteiger partial charge in [-0.25, -0.2) is 4.39 Å². The fraction of sp³-hybridized carbons (Fsp3) is 0.429.